The van der Waals surface area contributed by atoms with Crippen LogP contribution in [0.4, 0.5) is 17.6 Å². The molecule has 25 heavy (non-hydrogen) atoms. The van der Waals surface area contributed by atoms with Crippen LogP contribution in [0.5, 0.6) is 5.88 Å². The number of fused-ring (bicyclic) bond motifs is 1. The highest BCUT2D eigenvalue weighted by Gasteiger charge is 2.50. The Labute approximate surface area is 140 Å². The molecule has 1 aromatic heterocycles. The van der Waals surface area contributed by atoms with E-state index in [0.717, 1.165) is 19.9 Å². The molecule has 134 valence electrons. The third-order valence-corrected chi connectivity index (χ3v) is 3.67. The first-order valence-electron chi connectivity index (χ1n) is 7.14. The van der Waals surface area contributed by atoms with E-state index in [1.54, 1.807) is 18.4 Å². The first kappa shape index (κ1) is 17.1. The SMILES string of the molecule is CC(C)(Oc1ncc(C2=CC3=C(O)NNN3C=C2)cc1F)C(F)(F)F. The number of alkyl halides is 3. The van der Waals surface area contributed by atoms with Gasteiger partial charge in [0, 0.05) is 18.0 Å². The van der Waals surface area contributed by atoms with Crippen LogP contribution < -0.4 is 15.7 Å². The summed E-state index contributed by atoms with van der Waals surface area (Å²) in [4.78, 5) is 3.66. The molecule has 0 radical (unpaired) electrons. The van der Waals surface area contributed by atoms with E-state index in [0.29, 0.717) is 16.8 Å². The van der Waals surface area contributed by atoms with E-state index in [1.807, 2.05) is 0 Å². The van der Waals surface area contributed by atoms with Gasteiger partial charge in [0.15, 0.2) is 11.4 Å². The maximum Gasteiger partial charge on any atom is 0.427 e. The van der Waals surface area contributed by atoms with Crippen molar-refractivity contribution < 1.29 is 27.4 Å². The predicted molar refractivity (Wildman–Crippen MR) is 79.8 cm³/mol. The molecule has 0 unspecified atom stereocenters. The smallest absolute Gasteiger partial charge is 0.427 e. The maximum absolute atomic E-state index is 14.2. The van der Waals surface area contributed by atoms with Gasteiger partial charge in [-0.3, -0.25) is 10.4 Å². The van der Waals surface area contributed by atoms with Crippen molar-refractivity contribution >= 4 is 5.57 Å². The number of pyridine rings is 1. The monoisotopic (exact) mass is 358 g/mol. The maximum atomic E-state index is 14.2. The largest absolute Gasteiger partial charge is 0.492 e. The molecule has 3 N–H and O–H groups in total. The fourth-order valence-electron chi connectivity index (χ4n) is 2.09. The van der Waals surface area contributed by atoms with Gasteiger partial charge in [0.2, 0.25) is 5.88 Å². The lowest BCUT2D eigenvalue weighted by atomic mass is 10.0. The number of nitrogens with zero attached hydrogens (tertiary/aromatic N) is 2. The van der Waals surface area contributed by atoms with E-state index in [4.69, 9.17) is 4.74 Å². The number of aromatic nitrogens is 1. The van der Waals surface area contributed by atoms with Gasteiger partial charge in [-0.15, -0.1) is 5.53 Å². The second-order valence-corrected chi connectivity index (χ2v) is 5.88. The lowest BCUT2D eigenvalue weighted by Gasteiger charge is -2.28. The van der Waals surface area contributed by atoms with Crippen LogP contribution in [0.1, 0.15) is 19.4 Å². The zero-order valence-electron chi connectivity index (χ0n) is 13.1. The Hall–Kier alpha value is -2.75. The zero-order chi connectivity index (χ0) is 18.4. The summed E-state index contributed by atoms with van der Waals surface area (Å²) in [7, 11) is 0. The van der Waals surface area contributed by atoms with Crippen LogP contribution in [0, 0.1) is 5.82 Å². The van der Waals surface area contributed by atoms with Gasteiger partial charge in [-0.2, -0.15) is 13.2 Å². The Morgan fingerprint density at radius 2 is 2.00 bits per heavy atom. The van der Waals surface area contributed by atoms with E-state index >= 15 is 0 Å². The summed E-state index contributed by atoms with van der Waals surface area (Å²) >= 11 is 0. The summed E-state index contributed by atoms with van der Waals surface area (Å²) in [6.07, 6.45) is 1.27. The minimum atomic E-state index is -4.68. The van der Waals surface area contributed by atoms with Crippen LogP contribution in [0.3, 0.4) is 0 Å². The Morgan fingerprint density at radius 1 is 1.28 bits per heavy atom. The number of hydrogen-bond acceptors (Lipinski definition) is 6. The van der Waals surface area contributed by atoms with Crippen LogP contribution in [0.15, 0.2) is 42.2 Å². The van der Waals surface area contributed by atoms with E-state index < -0.39 is 23.5 Å². The lowest BCUT2D eigenvalue weighted by molar-refractivity contribution is -0.235. The number of hydrazine groups is 2. The lowest BCUT2D eigenvalue weighted by Crippen LogP contribution is -2.45. The molecule has 2 aliphatic heterocycles. The molecule has 0 aliphatic carbocycles. The molecule has 0 atom stereocenters. The first-order chi connectivity index (χ1) is 11.6. The number of rotatable bonds is 3. The quantitative estimate of drug-likeness (QED) is 0.722. The van der Waals surface area contributed by atoms with Crippen LogP contribution in [-0.4, -0.2) is 26.9 Å². The number of aliphatic hydroxyl groups is 1. The summed E-state index contributed by atoms with van der Waals surface area (Å²) in [5.41, 5.74) is 3.79. The molecule has 0 saturated carbocycles. The van der Waals surface area contributed by atoms with Crippen molar-refractivity contribution in [3.8, 4) is 5.88 Å². The van der Waals surface area contributed by atoms with Gasteiger partial charge >= 0.3 is 6.18 Å². The van der Waals surface area contributed by atoms with Crippen molar-refractivity contribution in [1.82, 2.24) is 21.0 Å². The summed E-state index contributed by atoms with van der Waals surface area (Å²) in [5.74, 6) is -1.88. The van der Waals surface area contributed by atoms with Gasteiger partial charge in [-0.1, -0.05) is 0 Å². The average molecular weight is 358 g/mol. The first-order valence-corrected chi connectivity index (χ1v) is 7.14. The molecule has 0 fully saturated rings. The zero-order valence-corrected chi connectivity index (χ0v) is 13.1. The molecule has 6 nitrogen and oxygen atoms in total. The molecule has 0 amide bonds. The molecule has 3 rings (SSSR count). The molecular weight excluding hydrogens is 344 g/mol. The molecule has 3 heterocycles. The van der Waals surface area contributed by atoms with E-state index in [2.05, 4.69) is 15.9 Å². The standard InChI is InChI=1S/C15H14F4N4O2/c1-14(2,15(17,18)19)25-13-10(16)5-9(7-20-13)8-3-4-23-11(6-8)12(24)21-22-23/h3-7,21-22,24H,1-2H3. The van der Waals surface area contributed by atoms with Crippen molar-refractivity contribution in [2.24, 2.45) is 0 Å². The second-order valence-electron chi connectivity index (χ2n) is 5.88. The number of ether oxygens (including phenoxy) is 1. The van der Waals surface area contributed by atoms with Crippen LogP contribution in [0.25, 0.3) is 5.57 Å². The number of halogens is 4. The molecule has 10 heteroatoms. The molecule has 0 aromatic carbocycles. The fourth-order valence-corrected chi connectivity index (χ4v) is 2.09. The molecule has 0 saturated heterocycles. The van der Waals surface area contributed by atoms with E-state index in [9.17, 15) is 22.7 Å². The molecule has 0 spiro atoms. The summed E-state index contributed by atoms with van der Waals surface area (Å²) in [6.45, 7) is 1.58. The second kappa shape index (κ2) is 5.66. The highest BCUT2D eigenvalue weighted by molar-refractivity contribution is 5.77. The minimum Gasteiger partial charge on any atom is -0.492 e. The Bertz CT molecular complexity index is 799. The van der Waals surface area contributed by atoms with Crippen LogP contribution >= 0.6 is 0 Å². The highest BCUT2D eigenvalue weighted by Crippen LogP contribution is 2.35. The molecule has 0 bridgehead atoms. The number of hydrogen-bond donors (Lipinski definition) is 3. The van der Waals surface area contributed by atoms with E-state index in [1.165, 1.54) is 11.2 Å². The van der Waals surface area contributed by atoms with Crippen LogP contribution in [0.2, 0.25) is 0 Å². The van der Waals surface area contributed by atoms with Crippen molar-refractivity contribution in [3.63, 3.8) is 0 Å². The van der Waals surface area contributed by atoms with Gasteiger partial charge in [0.05, 0.1) is 0 Å². The van der Waals surface area contributed by atoms with Gasteiger partial charge in [0.25, 0.3) is 5.88 Å². The van der Waals surface area contributed by atoms with Gasteiger partial charge in [-0.25, -0.2) is 9.37 Å². The Kier molecular flexibility index (Phi) is 3.87. The number of allylic oxidation sites excluding steroid dienone is 3. The highest BCUT2D eigenvalue weighted by atomic mass is 19.4. The normalized spacial score (nSPS) is 17.4. The van der Waals surface area contributed by atoms with Gasteiger partial charge in [0.1, 0.15) is 5.70 Å². The molecular formula is C15H14F4N4O2. The molecule has 1 aromatic rings. The van der Waals surface area contributed by atoms with E-state index in [-0.39, 0.29) is 5.88 Å². The van der Waals surface area contributed by atoms with Crippen molar-refractivity contribution in [1.29, 1.82) is 0 Å². The summed E-state index contributed by atoms with van der Waals surface area (Å²) in [6, 6.07) is 1.02. The number of aliphatic hydroxyl groups excluding tert-OH is 1. The summed E-state index contributed by atoms with van der Waals surface area (Å²) < 4.78 is 57.4. The fraction of sp³-hybridized carbons (Fsp3) is 0.267. The minimum absolute atomic E-state index is 0.123. The van der Waals surface area contributed by atoms with Crippen molar-refractivity contribution in [3.05, 3.63) is 53.6 Å². The Morgan fingerprint density at radius 3 is 2.64 bits per heavy atom. The van der Waals surface area contributed by atoms with Gasteiger partial charge < -0.3 is 9.84 Å². The van der Waals surface area contributed by atoms with Crippen LogP contribution in [-0.2, 0) is 0 Å². The Balaban J connectivity index is 1.87. The topological polar surface area (TPSA) is 69.6 Å². The average Bonchev–Trinajstić information content (AvgIpc) is 2.89. The molecule has 2 aliphatic rings. The third kappa shape index (κ3) is 3.12. The van der Waals surface area contributed by atoms with Crippen molar-refractivity contribution in [2.45, 2.75) is 25.6 Å². The predicted octanol–water partition coefficient (Wildman–Crippen LogP) is 2.90. The van der Waals surface area contributed by atoms with Gasteiger partial charge in [-0.05, 0) is 37.6 Å². The third-order valence-electron chi connectivity index (χ3n) is 3.67. The number of nitrogens with one attached hydrogen (secondary N) is 2. The summed E-state index contributed by atoms with van der Waals surface area (Å²) in [5, 5.41) is 11.2. The van der Waals surface area contributed by atoms with Crippen molar-refractivity contribution in [2.75, 3.05) is 0 Å².